The van der Waals surface area contributed by atoms with E-state index in [9.17, 15) is 14.0 Å². The molecule has 2 aromatic rings. The SMILES string of the molecule is CCc1nnc(CN2C(=O)C(=O)c3c(Cl)ccc(F)c32)o1. The van der Waals surface area contributed by atoms with Gasteiger partial charge >= 0.3 is 0 Å². The first kappa shape index (κ1) is 13.7. The Morgan fingerprint density at radius 2 is 2.00 bits per heavy atom. The molecule has 21 heavy (non-hydrogen) atoms. The fraction of sp³-hybridized carbons (Fsp3) is 0.231. The number of carbonyl (C=O) groups excluding carboxylic acids is 2. The first-order valence-electron chi connectivity index (χ1n) is 6.18. The number of nitrogens with zero attached hydrogens (tertiary/aromatic N) is 3. The molecule has 0 saturated carbocycles. The largest absolute Gasteiger partial charge is 0.423 e. The van der Waals surface area contributed by atoms with Gasteiger partial charge < -0.3 is 4.42 Å². The molecule has 1 amide bonds. The van der Waals surface area contributed by atoms with Crippen LogP contribution in [-0.4, -0.2) is 21.9 Å². The van der Waals surface area contributed by atoms with Crippen molar-refractivity contribution < 1.29 is 18.4 Å². The molecule has 0 spiro atoms. The van der Waals surface area contributed by atoms with Crippen LogP contribution in [0, 0.1) is 5.82 Å². The van der Waals surface area contributed by atoms with E-state index in [0.29, 0.717) is 12.3 Å². The summed E-state index contributed by atoms with van der Waals surface area (Å²) >= 11 is 5.88. The molecule has 0 unspecified atom stereocenters. The number of carbonyl (C=O) groups is 2. The molecule has 6 nitrogen and oxygen atoms in total. The average molecular weight is 310 g/mol. The molecule has 0 radical (unpaired) electrons. The zero-order valence-electron chi connectivity index (χ0n) is 10.9. The van der Waals surface area contributed by atoms with Gasteiger partial charge in [-0.2, -0.15) is 0 Å². The zero-order valence-corrected chi connectivity index (χ0v) is 11.6. The van der Waals surface area contributed by atoms with E-state index in [1.165, 1.54) is 6.07 Å². The molecule has 2 heterocycles. The van der Waals surface area contributed by atoms with Gasteiger partial charge in [0.2, 0.25) is 11.8 Å². The number of Topliss-reactive ketones (excluding diaryl/α,β-unsaturated/α-hetero) is 1. The van der Waals surface area contributed by atoms with Crippen LogP contribution >= 0.6 is 11.6 Å². The quantitative estimate of drug-likeness (QED) is 0.812. The lowest BCUT2D eigenvalue weighted by molar-refractivity contribution is -0.114. The van der Waals surface area contributed by atoms with Crippen molar-refractivity contribution in [3.8, 4) is 0 Å². The van der Waals surface area contributed by atoms with Gasteiger partial charge in [0.15, 0.2) is 0 Å². The molecular weight excluding hydrogens is 301 g/mol. The third-order valence-electron chi connectivity index (χ3n) is 3.12. The highest BCUT2D eigenvalue weighted by Gasteiger charge is 2.40. The number of hydrogen-bond donors (Lipinski definition) is 0. The van der Waals surface area contributed by atoms with E-state index in [-0.39, 0.29) is 28.7 Å². The number of ketones is 1. The Labute approximate surface area is 123 Å². The summed E-state index contributed by atoms with van der Waals surface area (Å²) in [7, 11) is 0. The van der Waals surface area contributed by atoms with Crippen molar-refractivity contribution in [2.45, 2.75) is 19.9 Å². The van der Waals surface area contributed by atoms with Crippen molar-refractivity contribution >= 4 is 29.0 Å². The highest BCUT2D eigenvalue weighted by atomic mass is 35.5. The molecule has 0 saturated heterocycles. The third-order valence-corrected chi connectivity index (χ3v) is 3.43. The highest BCUT2D eigenvalue weighted by molar-refractivity contribution is 6.55. The molecule has 0 atom stereocenters. The van der Waals surface area contributed by atoms with Gasteiger partial charge in [-0.25, -0.2) is 4.39 Å². The Hall–Kier alpha value is -2.28. The normalized spacial score (nSPS) is 14.0. The average Bonchev–Trinajstić information content (AvgIpc) is 3.02. The van der Waals surface area contributed by atoms with E-state index < -0.39 is 17.5 Å². The summed E-state index contributed by atoms with van der Waals surface area (Å²) in [5.41, 5.74) is -0.273. The van der Waals surface area contributed by atoms with Gasteiger partial charge in [0.05, 0.1) is 16.3 Å². The predicted molar refractivity (Wildman–Crippen MR) is 70.6 cm³/mol. The van der Waals surface area contributed by atoms with Gasteiger partial charge in [-0.1, -0.05) is 18.5 Å². The molecule has 1 aromatic heterocycles. The van der Waals surface area contributed by atoms with Crippen LogP contribution in [0.3, 0.4) is 0 Å². The van der Waals surface area contributed by atoms with Crippen molar-refractivity contribution in [2.75, 3.05) is 4.90 Å². The summed E-state index contributed by atoms with van der Waals surface area (Å²) in [6, 6.07) is 2.34. The smallest absolute Gasteiger partial charge is 0.300 e. The van der Waals surface area contributed by atoms with Gasteiger partial charge in [-0.3, -0.25) is 14.5 Å². The van der Waals surface area contributed by atoms with Gasteiger partial charge in [0.25, 0.3) is 11.7 Å². The zero-order chi connectivity index (χ0) is 15.1. The Kier molecular flexibility index (Phi) is 3.21. The molecule has 0 N–H and O–H groups in total. The summed E-state index contributed by atoms with van der Waals surface area (Å²) in [6.45, 7) is 1.65. The predicted octanol–water partition coefficient (Wildman–Crippen LogP) is 2.15. The highest BCUT2D eigenvalue weighted by Crippen LogP contribution is 2.37. The lowest BCUT2D eigenvalue weighted by atomic mass is 10.1. The number of halogens is 2. The number of amides is 1. The number of anilines is 1. The lowest BCUT2D eigenvalue weighted by Gasteiger charge is -2.14. The van der Waals surface area contributed by atoms with Crippen LogP contribution in [0.1, 0.15) is 29.1 Å². The standard InChI is InChI=1S/C13H9ClFN3O3/c1-2-8-16-17-9(21-8)5-18-11-7(15)4-3-6(14)10(11)12(19)13(18)20/h3-4H,2,5H2,1H3. The lowest BCUT2D eigenvalue weighted by Crippen LogP contribution is -2.29. The molecule has 8 heteroatoms. The van der Waals surface area contributed by atoms with Gasteiger partial charge in [0.1, 0.15) is 12.4 Å². The maximum absolute atomic E-state index is 14.0. The van der Waals surface area contributed by atoms with Crippen molar-refractivity contribution in [1.29, 1.82) is 0 Å². The van der Waals surface area contributed by atoms with E-state index >= 15 is 0 Å². The van der Waals surface area contributed by atoms with Gasteiger partial charge in [-0.05, 0) is 12.1 Å². The molecule has 1 aliphatic rings. The minimum Gasteiger partial charge on any atom is -0.423 e. The van der Waals surface area contributed by atoms with Crippen LogP contribution in [0.15, 0.2) is 16.5 Å². The van der Waals surface area contributed by atoms with Crippen molar-refractivity contribution in [3.63, 3.8) is 0 Å². The van der Waals surface area contributed by atoms with E-state index in [1.807, 2.05) is 6.92 Å². The summed E-state index contributed by atoms with van der Waals surface area (Å²) in [5.74, 6) is -1.89. The Bertz CT molecular complexity index is 759. The van der Waals surface area contributed by atoms with Crippen LogP contribution < -0.4 is 4.90 Å². The van der Waals surface area contributed by atoms with E-state index in [1.54, 1.807) is 0 Å². The molecule has 0 aliphatic carbocycles. The fourth-order valence-corrected chi connectivity index (χ4v) is 2.37. The second-order valence-electron chi connectivity index (χ2n) is 4.42. The third kappa shape index (κ3) is 2.09. The minimum atomic E-state index is -0.867. The van der Waals surface area contributed by atoms with E-state index in [0.717, 1.165) is 11.0 Å². The van der Waals surface area contributed by atoms with E-state index in [4.69, 9.17) is 16.0 Å². The molecule has 0 fully saturated rings. The molecule has 1 aliphatic heterocycles. The number of aromatic nitrogens is 2. The first-order valence-corrected chi connectivity index (χ1v) is 6.56. The fourth-order valence-electron chi connectivity index (χ4n) is 2.13. The first-order chi connectivity index (χ1) is 10.0. The Morgan fingerprint density at radius 1 is 1.29 bits per heavy atom. The van der Waals surface area contributed by atoms with Crippen LogP contribution in [0.4, 0.5) is 10.1 Å². The van der Waals surface area contributed by atoms with Gasteiger partial charge in [0, 0.05) is 6.42 Å². The Morgan fingerprint density at radius 3 is 2.67 bits per heavy atom. The number of benzene rings is 1. The van der Waals surface area contributed by atoms with Crippen molar-refractivity contribution in [2.24, 2.45) is 0 Å². The van der Waals surface area contributed by atoms with Crippen LogP contribution in [0.25, 0.3) is 0 Å². The van der Waals surface area contributed by atoms with Crippen molar-refractivity contribution in [1.82, 2.24) is 10.2 Å². The minimum absolute atomic E-state index is 0.0343. The van der Waals surface area contributed by atoms with Crippen molar-refractivity contribution in [3.05, 3.63) is 40.3 Å². The number of rotatable bonds is 3. The summed E-state index contributed by atoms with van der Waals surface area (Å²) in [5, 5.41) is 7.55. The molecule has 3 rings (SSSR count). The second-order valence-corrected chi connectivity index (χ2v) is 4.82. The maximum Gasteiger partial charge on any atom is 0.300 e. The molecule has 108 valence electrons. The molecule has 1 aromatic carbocycles. The summed E-state index contributed by atoms with van der Waals surface area (Å²) in [4.78, 5) is 24.9. The van der Waals surface area contributed by atoms with Crippen LogP contribution in [-0.2, 0) is 17.8 Å². The van der Waals surface area contributed by atoms with Crippen LogP contribution in [0.5, 0.6) is 0 Å². The Balaban J connectivity index is 2.03. The second kappa shape index (κ2) is 4.92. The van der Waals surface area contributed by atoms with Gasteiger partial charge in [-0.15, -0.1) is 10.2 Å². The monoisotopic (exact) mass is 309 g/mol. The summed E-state index contributed by atoms with van der Waals surface area (Å²) in [6.07, 6.45) is 0.538. The number of hydrogen-bond acceptors (Lipinski definition) is 5. The van der Waals surface area contributed by atoms with Crippen LogP contribution in [0.2, 0.25) is 5.02 Å². The summed E-state index contributed by atoms with van der Waals surface area (Å²) < 4.78 is 19.3. The topological polar surface area (TPSA) is 76.3 Å². The van der Waals surface area contributed by atoms with E-state index in [2.05, 4.69) is 10.2 Å². The number of aryl methyl sites for hydroxylation is 1. The molecular formula is C13H9ClFN3O3. The molecule has 0 bridgehead atoms. The maximum atomic E-state index is 14.0. The number of fused-ring (bicyclic) bond motifs is 1.